The van der Waals surface area contributed by atoms with Gasteiger partial charge in [0.05, 0.1) is 35.6 Å². The summed E-state index contributed by atoms with van der Waals surface area (Å²) >= 11 is 0. The van der Waals surface area contributed by atoms with E-state index in [1.165, 1.54) is 18.4 Å². The molecule has 0 spiro atoms. The van der Waals surface area contributed by atoms with Gasteiger partial charge in [-0.1, -0.05) is 12.1 Å². The van der Waals surface area contributed by atoms with Crippen molar-refractivity contribution in [3.8, 4) is 11.4 Å². The van der Waals surface area contributed by atoms with Gasteiger partial charge < -0.3 is 10.3 Å². The molecule has 0 aliphatic heterocycles. The average Bonchev–Trinajstić information content (AvgIpc) is 3.35. The van der Waals surface area contributed by atoms with E-state index in [1.807, 2.05) is 17.7 Å². The fraction of sp³-hybridized carbons (Fsp3) is 0.222. The highest BCUT2D eigenvalue weighted by Gasteiger charge is 2.24. The minimum absolute atomic E-state index is 0.653. The SMILES string of the molecule is Cn1cncc1-c1cc(/C=N/NC(N)=O)c2ccc(C3CC3)cc2n1. The van der Waals surface area contributed by atoms with Crippen LogP contribution in [-0.4, -0.2) is 26.8 Å². The number of hydrogen-bond acceptors (Lipinski definition) is 4. The molecule has 2 amide bonds. The molecule has 1 aliphatic rings. The summed E-state index contributed by atoms with van der Waals surface area (Å²) in [4.78, 5) is 19.8. The third-order valence-electron chi connectivity index (χ3n) is 4.37. The van der Waals surface area contributed by atoms with Crippen LogP contribution in [0.3, 0.4) is 0 Å². The summed E-state index contributed by atoms with van der Waals surface area (Å²) in [7, 11) is 1.93. The number of imidazole rings is 1. The van der Waals surface area contributed by atoms with Gasteiger partial charge in [0.2, 0.25) is 0 Å². The molecule has 0 saturated heterocycles. The number of hydrazone groups is 1. The Morgan fingerprint density at radius 2 is 2.24 bits per heavy atom. The number of carbonyl (C=O) groups is 1. The number of nitrogens with zero attached hydrogens (tertiary/aromatic N) is 4. The van der Waals surface area contributed by atoms with Crippen molar-refractivity contribution >= 4 is 23.1 Å². The lowest BCUT2D eigenvalue weighted by Gasteiger charge is -2.09. The van der Waals surface area contributed by atoms with Crippen LogP contribution in [0.15, 0.2) is 41.9 Å². The van der Waals surface area contributed by atoms with Gasteiger partial charge in [0.15, 0.2) is 0 Å². The molecule has 1 saturated carbocycles. The standard InChI is InChI=1S/C18H18N6O/c1-24-10-20-9-17(24)16-7-13(8-21-23-18(19)25)14-5-4-12(11-2-3-11)6-15(14)22-16/h4-11H,2-3H2,1H3,(H3,19,23,25)/b21-8+. The number of aryl methyl sites for hydroxylation is 1. The van der Waals surface area contributed by atoms with E-state index in [1.54, 1.807) is 18.7 Å². The number of hydrogen-bond donors (Lipinski definition) is 2. The molecule has 2 heterocycles. The topological polar surface area (TPSA) is 98.2 Å². The third-order valence-corrected chi connectivity index (χ3v) is 4.37. The normalized spacial score (nSPS) is 14.3. The molecule has 4 rings (SSSR count). The number of benzene rings is 1. The maximum absolute atomic E-state index is 10.9. The number of amides is 2. The molecule has 0 radical (unpaired) electrons. The van der Waals surface area contributed by atoms with Crippen molar-refractivity contribution in [1.29, 1.82) is 0 Å². The van der Waals surface area contributed by atoms with Crippen LogP contribution in [0.5, 0.6) is 0 Å². The summed E-state index contributed by atoms with van der Waals surface area (Å²) < 4.78 is 1.92. The maximum atomic E-state index is 10.9. The minimum atomic E-state index is -0.697. The Hall–Kier alpha value is -3.22. The predicted molar refractivity (Wildman–Crippen MR) is 96.2 cm³/mol. The number of urea groups is 1. The Balaban J connectivity index is 1.86. The van der Waals surface area contributed by atoms with Crippen molar-refractivity contribution in [1.82, 2.24) is 20.0 Å². The van der Waals surface area contributed by atoms with Crippen LogP contribution in [-0.2, 0) is 7.05 Å². The van der Waals surface area contributed by atoms with Gasteiger partial charge in [-0.3, -0.25) is 0 Å². The van der Waals surface area contributed by atoms with Crippen LogP contribution in [0.1, 0.15) is 29.9 Å². The zero-order valence-electron chi connectivity index (χ0n) is 13.8. The van der Waals surface area contributed by atoms with E-state index in [0.29, 0.717) is 5.92 Å². The molecule has 3 aromatic rings. The van der Waals surface area contributed by atoms with Gasteiger partial charge in [-0.15, -0.1) is 0 Å². The number of primary amides is 1. The number of carbonyl (C=O) groups excluding carboxylic acids is 1. The highest BCUT2D eigenvalue weighted by atomic mass is 16.2. The van der Waals surface area contributed by atoms with Crippen LogP contribution >= 0.6 is 0 Å². The first-order chi connectivity index (χ1) is 12.1. The number of fused-ring (bicyclic) bond motifs is 1. The van der Waals surface area contributed by atoms with E-state index in [-0.39, 0.29) is 0 Å². The number of nitrogens with two attached hydrogens (primary N) is 1. The molecular weight excluding hydrogens is 316 g/mol. The summed E-state index contributed by atoms with van der Waals surface area (Å²) in [5.41, 5.74) is 12.1. The number of pyridine rings is 1. The smallest absolute Gasteiger partial charge is 0.332 e. The van der Waals surface area contributed by atoms with Crippen molar-refractivity contribution in [2.75, 3.05) is 0 Å². The monoisotopic (exact) mass is 334 g/mol. The average molecular weight is 334 g/mol. The summed E-state index contributed by atoms with van der Waals surface area (Å²) in [6.07, 6.45) is 7.59. The first-order valence-corrected chi connectivity index (χ1v) is 8.12. The Labute approximate surface area is 144 Å². The highest BCUT2D eigenvalue weighted by Crippen LogP contribution is 2.41. The number of nitrogens with one attached hydrogen (secondary N) is 1. The molecule has 1 aromatic carbocycles. The molecular formula is C18H18N6O. The van der Waals surface area contributed by atoms with E-state index in [4.69, 9.17) is 10.7 Å². The lowest BCUT2D eigenvalue weighted by Crippen LogP contribution is -2.24. The number of aromatic nitrogens is 3. The molecule has 3 N–H and O–H groups in total. The van der Waals surface area contributed by atoms with Gasteiger partial charge in [0.25, 0.3) is 0 Å². The van der Waals surface area contributed by atoms with Gasteiger partial charge in [0.1, 0.15) is 0 Å². The van der Waals surface area contributed by atoms with E-state index in [9.17, 15) is 4.79 Å². The Kier molecular flexibility index (Phi) is 3.68. The van der Waals surface area contributed by atoms with Crippen molar-refractivity contribution in [3.05, 3.63) is 47.9 Å². The number of rotatable bonds is 4. The van der Waals surface area contributed by atoms with Gasteiger partial charge in [-0.25, -0.2) is 20.2 Å². The molecule has 0 unspecified atom stereocenters. The fourth-order valence-corrected chi connectivity index (χ4v) is 2.95. The summed E-state index contributed by atoms with van der Waals surface area (Å²) in [6, 6.07) is 7.59. The first-order valence-electron chi connectivity index (χ1n) is 8.12. The minimum Gasteiger partial charge on any atom is -0.350 e. The van der Waals surface area contributed by atoms with Gasteiger partial charge >= 0.3 is 6.03 Å². The molecule has 126 valence electrons. The van der Waals surface area contributed by atoms with Crippen molar-refractivity contribution in [2.45, 2.75) is 18.8 Å². The molecule has 0 bridgehead atoms. The van der Waals surface area contributed by atoms with E-state index < -0.39 is 6.03 Å². The maximum Gasteiger partial charge on any atom is 0.332 e. The second kappa shape index (κ2) is 6.01. The van der Waals surface area contributed by atoms with Crippen LogP contribution in [0, 0.1) is 0 Å². The summed E-state index contributed by atoms with van der Waals surface area (Å²) in [5.74, 6) is 0.653. The second-order valence-corrected chi connectivity index (χ2v) is 6.27. The van der Waals surface area contributed by atoms with Crippen LogP contribution in [0.2, 0.25) is 0 Å². The van der Waals surface area contributed by atoms with Crippen molar-refractivity contribution in [2.24, 2.45) is 17.9 Å². The van der Waals surface area contributed by atoms with Crippen LogP contribution < -0.4 is 11.2 Å². The van der Waals surface area contributed by atoms with E-state index >= 15 is 0 Å². The Morgan fingerprint density at radius 1 is 1.40 bits per heavy atom. The zero-order chi connectivity index (χ0) is 17.4. The van der Waals surface area contributed by atoms with Crippen LogP contribution in [0.4, 0.5) is 4.79 Å². The highest BCUT2D eigenvalue weighted by molar-refractivity contribution is 6.00. The summed E-state index contributed by atoms with van der Waals surface area (Å²) in [6.45, 7) is 0. The Bertz CT molecular complexity index is 986. The molecule has 2 aromatic heterocycles. The van der Waals surface area contributed by atoms with Crippen LogP contribution in [0.25, 0.3) is 22.3 Å². The zero-order valence-corrected chi connectivity index (χ0v) is 13.8. The fourth-order valence-electron chi connectivity index (χ4n) is 2.95. The molecule has 7 nitrogen and oxygen atoms in total. The molecule has 0 atom stereocenters. The predicted octanol–water partition coefficient (Wildman–Crippen LogP) is 2.51. The second-order valence-electron chi connectivity index (χ2n) is 6.27. The molecule has 1 aliphatic carbocycles. The molecule has 25 heavy (non-hydrogen) atoms. The quantitative estimate of drug-likeness (QED) is 0.566. The lowest BCUT2D eigenvalue weighted by atomic mass is 10.0. The molecule has 7 heteroatoms. The first kappa shape index (κ1) is 15.3. The van der Waals surface area contributed by atoms with Crippen molar-refractivity contribution < 1.29 is 4.79 Å². The largest absolute Gasteiger partial charge is 0.350 e. The third kappa shape index (κ3) is 3.08. The van der Waals surface area contributed by atoms with Crippen molar-refractivity contribution in [3.63, 3.8) is 0 Å². The van der Waals surface area contributed by atoms with E-state index in [2.05, 4.69) is 33.7 Å². The van der Waals surface area contributed by atoms with Gasteiger partial charge in [-0.2, -0.15) is 5.10 Å². The lowest BCUT2D eigenvalue weighted by molar-refractivity contribution is 0.249. The van der Waals surface area contributed by atoms with Gasteiger partial charge in [-0.05, 0) is 36.5 Å². The Morgan fingerprint density at radius 3 is 2.92 bits per heavy atom. The molecule has 1 fully saturated rings. The van der Waals surface area contributed by atoms with E-state index in [0.717, 1.165) is 27.9 Å². The van der Waals surface area contributed by atoms with Gasteiger partial charge in [0, 0.05) is 18.0 Å². The summed E-state index contributed by atoms with van der Waals surface area (Å²) in [5, 5.41) is 4.88.